The summed E-state index contributed by atoms with van der Waals surface area (Å²) in [5.41, 5.74) is 9.86. The molecule has 0 saturated carbocycles. The van der Waals surface area contributed by atoms with E-state index in [1.54, 1.807) is 23.1 Å². The highest BCUT2D eigenvalue weighted by atomic mass is 16.2. The molecule has 4 N–H and O–H groups in total. The molecule has 1 atom stereocenters. The maximum atomic E-state index is 12.1. The van der Waals surface area contributed by atoms with Crippen LogP contribution >= 0.6 is 0 Å². The van der Waals surface area contributed by atoms with Gasteiger partial charge in [0.05, 0.1) is 0 Å². The summed E-state index contributed by atoms with van der Waals surface area (Å²) in [4.78, 5) is 24.8. The predicted octanol–water partition coefficient (Wildman–Crippen LogP) is -0.964. The molecule has 2 rings (SSSR count). The van der Waals surface area contributed by atoms with Crippen LogP contribution in [0.25, 0.3) is 0 Å². The molecule has 0 aliphatic carbocycles. The smallest absolute Gasteiger partial charge is 0.258 e. The summed E-state index contributed by atoms with van der Waals surface area (Å²) in [5, 5.41) is 4.01. The molecule has 1 aromatic rings. The van der Waals surface area contributed by atoms with Crippen molar-refractivity contribution in [2.24, 2.45) is 11.5 Å². The molecule has 0 spiro atoms. The average molecular weight is 251 g/mol. The van der Waals surface area contributed by atoms with E-state index in [1.807, 2.05) is 0 Å². The third-order valence-electron chi connectivity index (χ3n) is 3.26. The van der Waals surface area contributed by atoms with E-state index in [4.69, 9.17) is 11.5 Å². The molecule has 2 amide bonds. The fourth-order valence-electron chi connectivity index (χ4n) is 2.22. The molecular formula is C11H17N5O2. The van der Waals surface area contributed by atoms with Crippen LogP contribution in [0.15, 0.2) is 18.5 Å². The summed E-state index contributed by atoms with van der Waals surface area (Å²) in [6.07, 6.45) is 4.81. The lowest BCUT2D eigenvalue weighted by atomic mass is 10.1. The number of hydrogen-bond acceptors (Lipinski definition) is 4. The van der Waals surface area contributed by atoms with Crippen LogP contribution in [0.3, 0.4) is 0 Å². The third-order valence-corrected chi connectivity index (χ3v) is 3.26. The molecule has 7 heteroatoms. The van der Waals surface area contributed by atoms with Crippen molar-refractivity contribution in [1.29, 1.82) is 0 Å². The maximum absolute atomic E-state index is 12.1. The van der Waals surface area contributed by atoms with E-state index in [-0.39, 0.29) is 12.3 Å². The lowest BCUT2D eigenvalue weighted by Gasteiger charge is -2.31. The van der Waals surface area contributed by atoms with Crippen molar-refractivity contribution >= 4 is 11.8 Å². The van der Waals surface area contributed by atoms with Gasteiger partial charge >= 0.3 is 0 Å². The van der Waals surface area contributed by atoms with Gasteiger partial charge in [-0.25, -0.2) is 0 Å². The molecule has 0 bridgehead atoms. The average Bonchev–Trinajstić information content (AvgIpc) is 2.95. The molecular weight excluding hydrogens is 234 g/mol. The Hall–Kier alpha value is -1.89. The molecule has 1 aliphatic rings. The Morgan fingerprint density at radius 3 is 2.83 bits per heavy atom. The first-order valence-corrected chi connectivity index (χ1v) is 5.91. The standard InChI is InChI=1S/C11H17N5O2/c12-10(18)11(13)4-1-7-16(11)9(17)3-8-15-6-2-5-14-15/h2,5-6H,1,3-4,7-8,13H2,(H2,12,18)/t11-/m0/s1. The van der Waals surface area contributed by atoms with Crippen LogP contribution in [-0.2, 0) is 16.1 Å². The van der Waals surface area contributed by atoms with Crippen LogP contribution < -0.4 is 11.5 Å². The Labute approximate surface area is 105 Å². The Bertz CT molecular complexity index is 444. The first kappa shape index (κ1) is 12.6. The van der Waals surface area contributed by atoms with Crippen molar-refractivity contribution in [2.75, 3.05) is 6.54 Å². The number of carbonyl (C=O) groups excluding carboxylic acids is 2. The summed E-state index contributed by atoms with van der Waals surface area (Å²) in [7, 11) is 0. The van der Waals surface area contributed by atoms with Crippen molar-refractivity contribution in [2.45, 2.75) is 31.5 Å². The minimum absolute atomic E-state index is 0.163. The second kappa shape index (κ2) is 4.77. The van der Waals surface area contributed by atoms with Gasteiger partial charge in [0.2, 0.25) is 5.91 Å². The van der Waals surface area contributed by atoms with Crippen molar-refractivity contribution in [3.63, 3.8) is 0 Å². The Morgan fingerprint density at radius 2 is 2.22 bits per heavy atom. The molecule has 1 aliphatic heterocycles. The largest absolute Gasteiger partial charge is 0.366 e. The molecule has 98 valence electrons. The SMILES string of the molecule is NC(=O)[C@]1(N)CCCN1C(=O)CCn1cccn1. The Balaban J connectivity index is 1.98. The lowest BCUT2D eigenvalue weighted by Crippen LogP contribution is -2.62. The van der Waals surface area contributed by atoms with Crippen molar-refractivity contribution in [3.8, 4) is 0 Å². The number of hydrogen-bond donors (Lipinski definition) is 2. The molecule has 0 unspecified atom stereocenters. The van der Waals surface area contributed by atoms with E-state index in [9.17, 15) is 9.59 Å². The van der Waals surface area contributed by atoms with Crippen LogP contribution in [-0.4, -0.2) is 38.7 Å². The van der Waals surface area contributed by atoms with E-state index in [0.29, 0.717) is 25.9 Å². The quantitative estimate of drug-likeness (QED) is 0.718. The van der Waals surface area contributed by atoms with E-state index in [0.717, 1.165) is 0 Å². The van der Waals surface area contributed by atoms with Crippen LogP contribution in [0.2, 0.25) is 0 Å². The molecule has 1 aromatic heterocycles. The number of likely N-dealkylation sites (tertiary alicyclic amines) is 1. The monoisotopic (exact) mass is 251 g/mol. The molecule has 0 radical (unpaired) electrons. The minimum atomic E-state index is -1.32. The molecule has 1 saturated heterocycles. The molecule has 1 fully saturated rings. The topological polar surface area (TPSA) is 107 Å². The van der Waals surface area contributed by atoms with Crippen molar-refractivity contribution in [1.82, 2.24) is 14.7 Å². The van der Waals surface area contributed by atoms with Gasteiger partial charge < -0.3 is 16.4 Å². The molecule has 18 heavy (non-hydrogen) atoms. The van der Waals surface area contributed by atoms with E-state index in [2.05, 4.69) is 5.10 Å². The number of carbonyl (C=O) groups is 2. The van der Waals surface area contributed by atoms with Crippen LogP contribution in [0.5, 0.6) is 0 Å². The normalized spacial score (nSPS) is 23.3. The summed E-state index contributed by atoms with van der Waals surface area (Å²) < 4.78 is 1.66. The summed E-state index contributed by atoms with van der Waals surface area (Å²) in [6.45, 7) is 0.953. The highest BCUT2D eigenvalue weighted by molar-refractivity contribution is 5.90. The second-order valence-corrected chi connectivity index (χ2v) is 4.46. The van der Waals surface area contributed by atoms with Gasteiger partial charge in [-0.05, 0) is 18.9 Å². The number of nitrogens with two attached hydrogens (primary N) is 2. The first-order valence-electron chi connectivity index (χ1n) is 5.91. The first-order chi connectivity index (χ1) is 8.54. The maximum Gasteiger partial charge on any atom is 0.258 e. The summed E-state index contributed by atoms with van der Waals surface area (Å²) >= 11 is 0. The number of rotatable bonds is 4. The second-order valence-electron chi connectivity index (χ2n) is 4.46. The van der Waals surface area contributed by atoms with Gasteiger partial charge in [-0.15, -0.1) is 0 Å². The van der Waals surface area contributed by atoms with Crippen molar-refractivity contribution < 1.29 is 9.59 Å². The highest BCUT2D eigenvalue weighted by Gasteiger charge is 2.44. The minimum Gasteiger partial charge on any atom is -0.366 e. The number of aromatic nitrogens is 2. The van der Waals surface area contributed by atoms with E-state index >= 15 is 0 Å². The zero-order chi connectivity index (χ0) is 13.2. The third kappa shape index (κ3) is 2.21. The van der Waals surface area contributed by atoms with Crippen LogP contribution in [0, 0.1) is 0 Å². The molecule has 0 aromatic carbocycles. The van der Waals surface area contributed by atoms with Gasteiger partial charge in [0.25, 0.3) is 5.91 Å². The van der Waals surface area contributed by atoms with E-state index in [1.165, 1.54) is 4.90 Å². The highest BCUT2D eigenvalue weighted by Crippen LogP contribution is 2.24. The van der Waals surface area contributed by atoms with Gasteiger partial charge in [-0.3, -0.25) is 14.3 Å². The fourth-order valence-corrected chi connectivity index (χ4v) is 2.22. The summed E-state index contributed by atoms with van der Waals surface area (Å²) in [6, 6.07) is 1.79. The van der Waals surface area contributed by atoms with E-state index < -0.39 is 11.6 Å². The van der Waals surface area contributed by atoms with Crippen LogP contribution in [0.1, 0.15) is 19.3 Å². The number of amides is 2. The van der Waals surface area contributed by atoms with Gasteiger partial charge in [0.15, 0.2) is 5.66 Å². The fraction of sp³-hybridized carbons (Fsp3) is 0.545. The predicted molar refractivity (Wildman–Crippen MR) is 63.9 cm³/mol. The van der Waals surface area contributed by atoms with Crippen molar-refractivity contribution in [3.05, 3.63) is 18.5 Å². The Kier molecular flexibility index (Phi) is 3.33. The zero-order valence-electron chi connectivity index (χ0n) is 10.1. The summed E-state index contributed by atoms with van der Waals surface area (Å²) in [5.74, 6) is -0.809. The molecule has 7 nitrogen and oxygen atoms in total. The van der Waals surface area contributed by atoms with Gasteiger partial charge in [0, 0.05) is 31.9 Å². The Morgan fingerprint density at radius 1 is 1.44 bits per heavy atom. The molecule has 2 heterocycles. The van der Waals surface area contributed by atoms with Gasteiger partial charge in [-0.1, -0.05) is 0 Å². The number of nitrogens with zero attached hydrogens (tertiary/aromatic N) is 3. The lowest BCUT2D eigenvalue weighted by molar-refractivity contribution is -0.143. The van der Waals surface area contributed by atoms with Gasteiger partial charge in [-0.2, -0.15) is 5.10 Å². The zero-order valence-corrected chi connectivity index (χ0v) is 10.1. The number of primary amides is 1. The van der Waals surface area contributed by atoms with Gasteiger partial charge in [0.1, 0.15) is 0 Å². The van der Waals surface area contributed by atoms with Crippen LogP contribution in [0.4, 0.5) is 0 Å². The number of aryl methyl sites for hydroxylation is 1.